The Balaban J connectivity index is 1.64. The lowest BCUT2D eigenvalue weighted by atomic mass is 10.1. The average Bonchev–Trinajstić information content (AvgIpc) is 3.31. The smallest absolute Gasteiger partial charge is 0.243 e. The van der Waals surface area contributed by atoms with Crippen molar-refractivity contribution in [1.29, 1.82) is 0 Å². The molecule has 1 saturated heterocycles. The van der Waals surface area contributed by atoms with Crippen molar-refractivity contribution in [3.8, 4) is 0 Å². The lowest BCUT2D eigenvalue weighted by Crippen LogP contribution is -2.33. The molecule has 0 spiro atoms. The summed E-state index contributed by atoms with van der Waals surface area (Å²) in [5, 5.41) is 5.43. The van der Waals surface area contributed by atoms with E-state index in [-0.39, 0.29) is 11.9 Å². The second-order valence-electron chi connectivity index (χ2n) is 6.30. The maximum atomic E-state index is 13.0. The van der Waals surface area contributed by atoms with Gasteiger partial charge in [-0.05, 0) is 64.2 Å². The summed E-state index contributed by atoms with van der Waals surface area (Å²) in [6.45, 7) is 3.33. The number of likely N-dealkylation sites (tertiary alicyclic amines) is 1. The van der Waals surface area contributed by atoms with Crippen molar-refractivity contribution >= 4 is 44.1 Å². The zero-order chi connectivity index (χ0) is 16.7. The summed E-state index contributed by atoms with van der Waals surface area (Å²) in [7, 11) is 0. The number of hydrogen-bond acceptors (Lipinski definition) is 2. The minimum Gasteiger partial charge on any atom is -0.334 e. The second-order valence-corrected chi connectivity index (χ2v) is 7.88. The molecule has 5 heteroatoms. The summed E-state index contributed by atoms with van der Waals surface area (Å²) in [6.07, 6.45) is 2.15. The number of nitrogens with zero attached hydrogens (tertiary/aromatic N) is 2. The molecular formula is C19H19BrN2OS. The SMILES string of the molecule is Cc1c(Br)c2ccccc2n1CC(=O)N1CCC[C@H]1c1ccsc1. The van der Waals surface area contributed by atoms with E-state index in [1.54, 1.807) is 11.3 Å². The van der Waals surface area contributed by atoms with E-state index in [9.17, 15) is 4.79 Å². The fourth-order valence-electron chi connectivity index (χ4n) is 3.69. The third-order valence-corrected chi connectivity index (χ3v) is 6.65. The highest BCUT2D eigenvalue weighted by molar-refractivity contribution is 9.10. The van der Waals surface area contributed by atoms with E-state index in [1.165, 1.54) is 10.9 Å². The van der Waals surface area contributed by atoms with Gasteiger partial charge in [-0.2, -0.15) is 11.3 Å². The Morgan fingerprint density at radius 3 is 2.96 bits per heavy atom. The van der Waals surface area contributed by atoms with E-state index in [0.29, 0.717) is 6.54 Å². The molecule has 1 aliphatic heterocycles. The molecule has 0 saturated carbocycles. The van der Waals surface area contributed by atoms with Gasteiger partial charge in [0.25, 0.3) is 0 Å². The largest absolute Gasteiger partial charge is 0.334 e. The predicted molar refractivity (Wildman–Crippen MR) is 102 cm³/mol. The topological polar surface area (TPSA) is 25.2 Å². The number of hydrogen-bond donors (Lipinski definition) is 0. The van der Waals surface area contributed by atoms with Crippen molar-refractivity contribution in [2.24, 2.45) is 0 Å². The van der Waals surface area contributed by atoms with Crippen LogP contribution in [0.25, 0.3) is 10.9 Å². The molecule has 0 N–H and O–H groups in total. The summed E-state index contributed by atoms with van der Waals surface area (Å²) in [5.41, 5.74) is 3.50. The minimum absolute atomic E-state index is 0.208. The molecular weight excluding hydrogens is 384 g/mol. The van der Waals surface area contributed by atoms with E-state index in [4.69, 9.17) is 0 Å². The minimum atomic E-state index is 0.208. The quantitative estimate of drug-likeness (QED) is 0.595. The number of halogens is 1. The van der Waals surface area contributed by atoms with Crippen LogP contribution < -0.4 is 0 Å². The first-order chi connectivity index (χ1) is 11.7. The number of thiophene rings is 1. The number of fused-ring (bicyclic) bond motifs is 1. The maximum Gasteiger partial charge on any atom is 0.243 e. The first-order valence-electron chi connectivity index (χ1n) is 8.21. The third kappa shape index (κ3) is 2.60. The Labute approximate surface area is 154 Å². The summed E-state index contributed by atoms with van der Waals surface area (Å²) in [6, 6.07) is 10.6. The Kier molecular flexibility index (Phi) is 4.22. The lowest BCUT2D eigenvalue weighted by molar-refractivity contribution is -0.132. The summed E-state index contributed by atoms with van der Waals surface area (Å²) in [5.74, 6) is 0.208. The number of para-hydroxylation sites is 1. The third-order valence-electron chi connectivity index (χ3n) is 4.95. The first-order valence-corrected chi connectivity index (χ1v) is 9.95. The number of rotatable bonds is 3. The number of benzene rings is 1. The van der Waals surface area contributed by atoms with Gasteiger partial charge in [0.2, 0.25) is 5.91 Å². The average molecular weight is 403 g/mol. The zero-order valence-corrected chi connectivity index (χ0v) is 15.9. The highest BCUT2D eigenvalue weighted by Gasteiger charge is 2.30. The molecule has 1 atom stereocenters. The Morgan fingerprint density at radius 2 is 2.17 bits per heavy atom. The summed E-state index contributed by atoms with van der Waals surface area (Å²) in [4.78, 5) is 15.1. The highest BCUT2D eigenvalue weighted by atomic mass is 79.9. The van der Waals surface area contributed by atoms with E-state index < -0.39 is 0 Å². The molecule has 3 nitrogen and oxygen atoms in total. The number of carbonyl (C=O) groups is 1. The molecule has 0 bridgehead atoms. The van der Waals surface area contributed by atoms with Crippen LogP contribution in [-0.4, -0.2) is 21.9 Å². The van der Waals surface area contributed by atoms with Gasteiger partial charge in [-0.1, -0.05) is 18.2 Å². The second kappa shape index (κ2) is 6.37. The van der Waals surface area contributed by atoms with Crippen LogP contribution in [0.15, 0.2) is 45.6 Å². The van der Waals surface area contributed by atoms with Crippen LogP contribution in [0.2, 0.25) is 0 Å². The zero-order valence-electron chi connectivity index (χ0n) is 13.5. The van der Waals surface area contributed by atoms with Gasteiger partial charge in [0.15, 0.2) is 0 Å². The molecule has 0 unspecified atom stereocenters. The summed E-state index contributed by atoms with van der Waals surface area (Å²) >= 11 is 5.38. The molecule has 0 radical (unpaired) electrons. The highest BCUT2D eigenvalue weighted by Crippen LogP contribution is 2.34. The van der Waals surface area contributed by atoms with Crippen molar-refractivity contribution in [1.82, 2.24) is 9.47 Å². The molecule has 0 aliphatic carbocycles. The Hall–Kier alpha value is -1.59. The van der Waals surface area contributed by atoms with Gasteiger partial charge in [0.1, 0.15) is 6.54 Å². The van der Waals surface area contributed by atoms with Crippen molar-refractivity contribution in [3.05, 3.63) is 56.8 Å². The van der Waals surface area contributed by atoms with Crippen LogP contribution in [-0.2, 0) is 11.3 Å². The van der Waals surface area contributed by atoms with Gasteiger partial charge in [-0.15, -0.1) is 0 Å². The fourth-order valence-corrected chi connectivity index (χ4v) is 4.95. The van der Waals surface area contributed by atoms with Crippen molar-refractivity contribution in [3.63, 3.8) is 0 Å². The van der Waals surface area contributed by atoms with E-state index in [1.807, 2.05) is 12.1 Å². The molecule has 2 aromatic heterocycles. The van der Waals surface area contributed by atoms with Crippen molar-refractivity contribution < 1.29 is 4.79 Å². The van der Waals surface area contributed by atoms with Gasteiger partial charge in [0.05, 0.1) is 6.04 Å². The van der Waals surface area contributed by atoms with Crippen LogP contribution >= 0.6 is 27.3 Å². The predicted octanol–water partition coefficient (Wildman–Crippen LogP) is 5.14. The molecule has 1 aliphatic rings. The van der Waals surface area contributed by atoms with E-state index in [0.717, 1.165) is 35.1 Å². The summed E-state index contributed by atoms with van der Waals surface area (Å²) < 4.78 is 3.21. The van der Waals surface area contributed by atoms with Crippen molar-refractivity contribution in [2.75, 3.05) is 6.54 Å². The number of amides is 1. The Bertz CT molecular complexity index is 884. The van der Waals surface area contributed by atoms with Crippen LogP contribution in [0, 0.1) is 6.92 Å². The molecule has 4 rings (SSSR count). The maximum absolute atomic E-state index is 13.0. The fraction of sp³-hybridized carbons (Fsp3) is 0.316. The van der Waals surface area contributed by atoms with E-state index in [2.05, 4.69) is 61.3 Å². The van der Waals surface area contributed by atoms with Crippen LogP contribution in [0.3, 0.4) is 0 Å². The Morgan fingerprint density at radius 1 is 1.33 bits per heavy atom. The van der Waals surface area contributed by atoms with Gasteiger partial charge in [-0.25, -0.2) is 0 Å². The normalized spacial score (nSPS) is 17.8. The number of carbonyl (C=O) groups excluding carboxylic acids is 1. The van der Waals surface area contributed by atoms with Gasteiger partial charge in [-0.3, -0.25) is 4.79 Å². The van der Waals surface area contributed by atoms with Crippen LogP contribution in [0.4, 0.5) is 0 Å². The van der Waals surface area contributed by atoms with Crippen LogP contribution in [0.5, 0.6) is 0 Å². The van der Waals surface area contributed by atoms with Gasteiger partial charge >= 0.3 is 0 Å². The lowest BCUT2D eigenvalue weighted by Gasteiger charge is -2.25. The van der Waals surface area contributed by atoms with Crippen LogP contribution in [0.1, 0.15) is 30.1 Å². The molecule has 1 amide bonds. The molecule has 1 fully saturated rings. The van der Waals surface area contributed by atoms with Crippen molar-refractivity contribution in [2.45, 2.75) is 32.4 Å². The molecule has 1 aromatic carbocycles. The first kappa shape index (κ1) is 15.9. The van der Waals surface area contributed by atoms with Gasteiger partial charge in [0, 0.05) is 27.6 Å². The number of aromatic nitrogens is 1. The molecule has 124 valence electrons. The standard InChI is InChI=1S/C19H19BrN2OS/c1-13-19(20)15-5-2-3-6-17(15)22(13)11-18(23)21-9-4-7-16(21)14-8-10-24-12-14/h2-3,5-6,8,10,12,16H,4,7,9,11H2,1H3/t16-/m0/s1. The van der Waals surface area contributed by atoms with Gasteiger partial charge < -0.3 is 9.47 Å². The molecule has 3 heterocycles. The molecule has 24 heavy (non-hydrogen) atoms. The monoisotopic (exact) mass is 402 g/mol. The molecule has 3 aromatic rings. The van der Waals surface area contributed by atoms with E-state index >= 15 is 0 Å².